The first-order valence-corrected chi connectivity index (χ1v) is 9.08. The third-order valence-corrected chi connectivity index (χ3v) is 5.33. The van der Waals surface area contributed by atoms with E-state index >= 15 is 0 Å². The normalized spacial score (nSPS) is 20.8. The van der Waals surface area contributed by atoms with Crippen LogP contribution in [0.3, 0.4) is 0 Å². The predicted octanol–water partition coefficient (Wildman–Crippen LogP) is 3.38. The highest BCUT2D eigenvalue weighted by atomic mass is 32.1. The number of ether oxygens (including phenoxy) is 1. The molecule has 2 rings (SSSR count). The van der Waals surface area contributed by atoms with Gasteiger partial charge in [-0.2, -0.15) is 0 Å². The summed E-state index contributed by atoms with van der Waals surface area (Å²) in [6.45, 7) is 13.6. The van der Waals surface area contributed by atoms with Gasteiger partial charge < -0.3 is 15.0 Å². The lowest BCUT2D eigenvalue weighted by molar-refractivity contribution is 0.0384. The van der Waals surface area contributed by atoms with Crippen LogP contribution in [-0.4, -0.2) is 37.3 Å². The standard InChI is InChI=1S/C16H29N3OS/c1-5-12(4)15-14(10-17-7-3)21-16(18-15)19-8-9-20-13(6-2)11-19/h12-13,17H,5-11H2,1-4H3. The van der Waals surface area contributed by atoms with Crippen LogP contribution in [0, 0.1) is 0 Å². The highest BCUT2D eigenvalue weighted by Gasteiger charge is 2.24. The molecule has 0 saturated carbocycles. The lowest BCUT2D eigenvalue weighted by Gasteiger charge is -2.32. The monoisotopic (exact) mass is 311 g/mol. The number of rotatable bonds is 7. The molecule has 5 heteroatoms. The van der Waals surface area contributed by atoms with E-state index in [1.54, 1.807) is 0 Å². The van der Waals surface area contributed by atoms with Crippen LogP contribution >= 0.6 is 11.3 Å². The molecule has 0 aromatic carbocycles. The van der Waals surface area contributed by atoms with Crippen LogP contribution in [-0.2, 0) is 11.3 Å². The number of nitrogens with zero attached hydrogens (tertiary/aromatic N) is 2. The van der Waals surface area contributed by atoms with Crippen molar-refractivity contribution in [2.45, 2.75) is 59.1 Å². The number of thiazole rings is 1. The minimum absolute atomic E-state index is 0.354. The predicted molar refractivity (Wildman–Crippen MR) is 90.4 cm³/mol. The Labute approximate surface area is 132 Å². The molecule has 2 atom stereocenters. The second-order valence-electron chi connectivity index (χ2n) is 5.74. The lowest BCUT2D eigenvalue weighted by atomic mass is 10.0. The average molecular weight is 311 g/mol. The highest BCUT2D eigenvalue weighted by Crippen LogP contribution is 2.33. The van der Waals surface area contributed by atoms with Crippen LogP contribution in [0.25, 0.3) is 0 Å². The van der Waals surface area contributed by atoms with Gasteiger partial charge in [0.15, 0.2) is 5.13 Å². The van der Waals surface area contributed by atoms with Gasteiger partial charge in [0.2, 0.25) is 0 Å². The number of hydrogen-bond acceptors (Lipinski definition) is 5. The Morgan fingerprint density at radius 3 is 2.90 bits per heavy atom. The van der Waals surface area contributed by atoms with Crippen molar-refractivity contribution in [2.75, 3.05) is 31.1 Å². The molecule has 0 spiro atoms. The molecule has 4 nitrogen and oxygen atoms in total. The van der Waals surface area contributed by atoms with Crippen LogP contribution in [0.15, 0.2) is 0 Å². The second-order valence-corrected chi connectivity index (χ2v) is 6.80. The van der Waals surface area contributed by atoms with E-state index in [9.17, 15) is 0 Å². The smallest absolute Gasteiger partial charge is 0.186 e. The summed E-state index contributed by atoms with van der Waals surface area (Å²) in [5.74, 6) is 0.534. The number of nitrogens with one attached hydrogen (secondary N) is 1. The van der Waals surface area contributed by atoms with E-state index in [2.05, 4.69) is 37.9 Å². The van der Waals surface area contributed by atoms with Crippen molar-refractivity contribution in [3.05, 3.63) is 10.6 Å². The Morgan fingerprint density at radius 2 is 2.24 bits per heavy atom. The van der Waals surface area contributed by atoms with Gasteiger partial charge >= 0.3 is 0 Å². The van der Waals surface area contributed by atoms with Crippen LogP contribution < -0.4 is 10.2 Å². The zero-order valence-corrected chi connectivity index (χ0v) is 14.6. The Morgan fingerprint density at radius 1 is 1.43 bits per heavy atom. The molecule has 0 radical (unpaired) electrons. The van der Waals surface area contributed by atoms with E-state index in [-0.39, 0.29) is 0 Å². The second kappa shape index (κ2) is 8.11. The van der Waals surface area contributed by atoms with Gasteiger partial charge in [0.1, 0.15) is 0 Å². The van der Waals surface area contributed by atoms with Gasteiger partial charge in [0, 0.05) is 24.5 Å². The number of hydrogen-bond donors (Lipinski definition) is 1. The van der Waals surface area contributed by atoms with E-state index < -0.39 is 0 Å². The van der Waals surface area contributed by atoms with Crippen LogP contribution in [0.2, 0.25) is 0 Å². The Kier molecular flexibility index (Phi) is 6.45. The van der Waals surface area contributed by atoms with Crippen LogP contribution in [0.5, 0.6) is 0 Å². The van der Waals surface area contributed by atoms with Crippen molar-refractivity contribution >= 4 is 16.5 Å². The quantitative estimate of drug-likeness (QED) is 0.837. The van der Waals surface area contributed by atoms with Gasteiger partial charge in [-0.3, -0.25) is 0 Å². The summed E-state index contributed by atoms with van der Waals surface area (Å²) in [5, 5.41) is 4.63. The maximum atomic E-state index is 5.77. The summed E-state index contributed by atoms with van der Waals surface area (Å²) in [6.07, 6.45) is 2.57. The number of anilines is 1. The molecule has 1 saturated heterocycles. The van der Waals surface area contributed by atoms with Crippen molar-refractivity contribution in [1.82, 2.24) is 10.3 Å². The van der Waals surface area contributed by atoms with E-state index in [0.717, 1.165) is 45.6 Å². The fraction of sp³-hybridized carbons (Fsp3) is 0.812. The van der Waals surface area contributed by atoms with E-state index in [1.807, 2.05) is 11.3 Å². The Balaban J connectivity index is 2.17. The first kappa shape index (κ1) is 16.7. The molecule has 2 unspecified atom stereocenters. The van der Waals surface area contributed by atoms with Gasteiger partial charge in [0.05, 0.1) is 18.4 Å². The summed E-state index contributed by atoms with van der Waals surface area (Å²) in [7, 11) is 0. The molecule has 1 N–H and O–H groups in total. The largest absolute Gasteiger partial charge is 0.375 e. The molecule has 2 heterocycles. The molecule has 21 heavy (non-hydrogen) atoms. The van der Waals surface area contributed by atoms with E-state index in [0.29, 0.717) is 12.0 Å². The third kappa shape index (κ3) is 4.18. The van der Waals surface area contributed by atoms with Crippen LogP contribution in [0.4, 0.5) is 5.13 Å². The molecule has 0 aliphatic carbocycles. The third-order valence-electron chi connectivity index (χ3n) is 4.20. The Bertz CT molecular complexity index is 435. The minimum atomic E-state index is 0.354. The molecular formula is C16H29N3OS. The molecular weight excluding hydrogens is 282 g/mol. The summed E-state index contributed by atoms with van der Waals surface area (Å²) >= 11 is 1.86. The Hall–Kier alpha value is -0.650. The first-order chi connectivity index (χ1) is 10.2. The minimum Gasteiger partial charge on any atom is -0.375 e. The first-order valence-electron chi connectivity index (χ1n) is 8.26. The van der Waals surface area contributed by atoms with Crippen molar-refractivity contribution in [1.29, 1.82) is 0 Å². The summed E-state index contributed by atoms with van der Waals surface area (Å²) in [4.78, 5) is 8.79. The van der Waals surface area contributed by atoms with Gasteiger partial charge in [-0.1, -0.05) is 27.7 Å². The van der Waals surface area contributed by atoms with Crippen molar-refractivity contribution in [3.8, 4) is 0 Å². The molecule has 0 amide bonds. The van der Waals surface area contributed by atoms with Crippen molar-refractivity contribution in [2.24, 2.45) is 0 Å². The molecule has 1 aromatic rings. The topological polar surface area (TPSA) is 37.4 Å². The molecule has 120 valence electrons. The fourth-order valence-corrected chi connectivity index (χ4v) is 3.75. The average Bonchev–Trinajstić information content (AvgIpc) is 2.96. The zero-order valence-electron chi connectivity index (χ0n) is 13.8. The summed E-state index contributed by atoms with van der Waals surface area (Å²) < 4.78 is 5.77. The molecule has 1 aliphatic heterocycles. The van der Waals surface area contributed by atoms with Crippen molar-refractivity contribution in [3.63, 3.8) is 0 Å². The van der Waals surface area contributed by atoms with Gasteiger partial charge in [0.25, 0.3) is 0 Å². The number of morpholine rings is 1. The van der Waals surface area contributed by atoms with E-state index in [4.69, 9.17) is 9.72 Å². The molecule has 1 aliphatic rings. The molecule has 0 bridgehead atoms. The van der Waals surface area contributed by atoms with Gasteiger partial charge in [-0.05, 0) is 25.3 Å². The maximum Gasteiger partial charge on any atom is 0.186 e. The fourth-order valence-electron chi connectivity index (χ4n) is 2.57. The lowest BCUT2D eigenvalue weighted by Crippen LogP contribution is -2.42. The SMILES string of the molecule is CCNCc1sc(N2CCOC(CC)C2)nc1C(C)CC. The van der Waals surface area contributed by atoms with Gasteiger partial charge in [-0.15, -0.1) is 11.3 Å². The summed E-state index contributed by atoms with van der Waals surface area (Å²) in [6, 6.07) is 0. The zero-order chi connectivity index (χ0) is 15.2. The molecule has 1 aromatic heterocycles. The van der Waals surface area contributed by atoms with Crippen LogP contribution in [0.1, 0.15) is 57.0 Å². The summed E-state index contributed by atoms with van der Waals surface area (Å²) in [5.41, 5.74) is 1.29. The van der Waals surface area contributed by atoms with Gasteiger partial charge in [-0.25, -0.2) is 4.98 Å². The molecule has 1 fully saturated rings. The highest BCUT2D eigenvalue weighted by molar-refractivity contribution is 7.15. The maximum absolute atomic E-state index is 5.77. The number of aromatic nitrogens is 1. The van der Waals surface area contributed by atoms with E-state index in [1.165, 1.54) is 15.7 Å². The van der Waals surface area contributed by atoms with Crippen molar-refractivity contribution < 1.29 is 4.74 Å².